The zero-order chi connectivity index (χ0) is 11.3. The first kappa shape index (κ1) is 12.0. The molecule has 0 aliphatic carbocycles. The van der Waals surface area contributed by atoms with Crippen molar-refractivity contribution in [2.75, 3.05) is 20.8 Å². The van der Waals surface area contributed by atoms with Gasteiger partial charge in [0.2, 0.25) is 0 Å². The van der Waals surface area contributed by atoms with Crippen molar-refractivity contribution in [2.24, 2.45) is 5.73 Å². The largest absolute Gasteiger partial charge is 0.497 e. The van der Waals surface area contributed by atoms with Gasteiger partial charge in [-0.1, -0.05) is 6.07 Å². The van der Waals surface area contributed by atoms with Gasteiger partial charge in [-0.25, -0.2) is 0 Å². The maximum atomic E-state index is 9.72. The number of aliphatic hydroxyl groups excluding tert-OH is 1. The van der Waals surface area contributed by atoms with Crippen molar-refractivity contribution in [2.45, 2.75) is 12.7 Å². The van der Waals surface area contributed by atoms with E-state index in [2.05, 4.69) is 0 Å². The Labute approximate surface area is 89.6 Å². The van der Waals surface area contributed by atoms with Crippen LogP contribution in [0.15, 0.2) is 18.2 Å². The zero-order valence-corrected chi connectivity index (χ0v) is 9.06. The Hall–Kier alpha value is -1.10. The number of benzene rings is 1. The fraction of sp³-hybridized carbons (Fsp3) is 0.455. The van der Waals surface area contributed by atoms with Gasteiger partial charge in [-0.2, -0.15) is 0 Å². The number of nitrogens with two attached hydrogens (primary N) is 1. The first-order chi connectivity index (χ1) is 7.22. The van der Waals surface area contributed by atoms with Crippen molar-refractivity contribution in [3.63, 3.8) is 0 Å². The van der Waals surface area contributed by atoms with Gasteiger partial charge in [-0.15, -0.1) is 0 Å². The fourth-order valence-electron chi connectivity index (χ4n) is 1.42. The molecule has 0 saturated heterocycles. The van der Waals surface area contributed by atoms with Gasteiger partial charge in [0.25, 0.3) is 0 Å². The summed E-state index contributed by atoms with van der Waals surface area (Å²) in [7, 11) is 3.20. The Morgan fingerprint density at radius 1 is 1.40 bits per heavy atom. The van der Waals surface area contributed by atoms with Crippen LogP contribution in [0.5, 0.6) is 5.75 Å². The Morgan fingerprint density at radius 2 is 2.13 bits per heavy atom. The molecule has 15 heavy (non-hydrogen) atoms. The quantitative estimate of drug-likeness (QED) is 0.757. The highest BCUT2D eigenvalue weighted by Crippen LogP contribution is 2.23. The van der Waals surface area contributed by atoms with Crippen LogP contribution in [0.1, 0.15) is 17.2 Å². The Balaban J connectivity index is 3.04. The predicted molar refractivity (Wildman–Crippen MR) is 57.7 cm³/mol. The van der Waals surface area contributed by atoms with E-state index in [1.807, 2.05) is 12.1 Å². The van der Waals surface area contributed by atoms with E-state index < -0.39 is 6.10 Å². The van der Waals surface area contributed by atoms with Crippen molar-refractivity contribution < 1.29 is 14.6 Å². The van der Waals surface area contributed by atoms with Gasteiger partial charge in [-0.3, -0.25) is 0 Å². The van der Waals surface area contributed by atoms with E-state index in [9.17, 15) is 5.11 Å². The summed E-state index contributed by atoms with van der Waals surface area (Å²) in [6.07, 6.45) is -0.676. The standard InChI is InChI=1S/C11H17NO3/c1-14-7-8-3-4-9(15-2)5-10(8)11(13)6-12/h3-5,11,13H,6-7,12H2,1-2H3. The highest BCUT2D eigenvalue weighted by atomic mass is 16.5. The third kappa shape index (κ3) is 2.92. The van der Waals surface area contributed by atoms with Gasteiger partial charge in [0.1, 0.15) is 5.75 Å². The van der Waals surface area contributed by atoms with Crippen molar-refractivity contribution in [3.8, 4) is 5.75 Å². The van der Waals surface area contributed by atoms with Crippen LogP contribution in [0, 0.1) is 0 Å². The molecule has 0 spiro atoms. The van der Waals surface area contributed by atoms with Crippen molar-refractivity contribution in [1.82, 2.24) is 0 Å². The molecule has 4 heteroatoms. The number of aliphatic hydroxyl groups is 1. The van der Waals surface area contributed by atoms with E-state index in [4.69, 9.17) is 15.2 Å². The summed E-state index contributed by atoms with van der Waals surface area (Å²) in [5.41, 5.74) is 7.12. The molecule has 0 amide bonds. The maximum Gasteiger partial charge on any atom is 0.119 e. The van der Waals surface area contributed by atoms with Crippen molar-refractivity contribution in [3.05, 3.63) is 29.3 Å². The molecule has 0 aliphatic heterocycles. The summed E-state index contributed by atoms with van der Waals surface area (Å²) in [6.45, 7) is 0.639. The molecule has 84 valence electrons. The van der Waals surface area contributed by atoms with Crippen molar-refractivity contribution >= 4 is 0 Å². The predicted octanol–water partition coefficient (Wildman–Crippen LogP) is 0.834. The number of hydrogen-bond donors (Lipinski definition) is 2. The second-order valence-corrected chi connectivity index (χ2v) is 3.25. The summed E-state index contributed by atoms with van der Waals surface area (Å²) >= 11 is 0. The maximum absolute atomic E-state index is 9.72. The smallest absolute Gasteiger partial charge is 0.119 e. The van der Waals surface area contributed by atoms with E-state index in [0.717, 1.165) is 11.1 Å². The lowest BCUT2D eigenvalue weighted by molar-refractivity contribution is 0.165. The van der Waals surface area contributed by atoms with Crippen LogP contribution in [0.25, 0.3) is 0 Å². The number of ether oxygens (including phenoxy) is 2. The highest BCUT2D eigenvalue weighted by Gasteiger charge is 2.11. The number of hydrogen-bond acceptors (Lipinski definition) is 4. The molecule has 0 fully saturated rings. The minimum Gasteiger partial charge on any atom is -0.497 e. The monoisotopic (exact) mass is 211 g/mol. The van der Waals surface area contributed by atoms with E-state index in [-0.39, 0.29) is 6.54 Å². The molecule has 0 aliphatic rings. The number of methoxy groups -OCH3 is 2. The average molecular weight is 211 g/mol. The lowest BCUT2D eigenvalue weighted by Gasteiger charge is -2.14. The first-order valence-electron chi connectivity index (χ1n) is 4.76. The Kier molecular flexibility index (Phi) is 4.55. The molecule has 0 bridgehead atoms. The lowest BCUT2D eigenvalue weighted by atomic mass is 10.0. The second-order valence-electron chi connectivity index (χ2n) is 3.25. The van der Waals surface area contributed by atoms with Gasteiger partial charge >= 0.3 is 0 Å². The van der Waals surface area contributed by atoms with Gasteiger partial charge in [-0.05, 0) is 23.3 Å². The zero-order valence-electron chi connectivity index (χ0n) is 9.06. The SMILES string of the molecule is COCc1ccc(OC)cc1C(O)CN. The molecular weight excluding hydrogens is 194 g/mol. The molecule has 1 rings (SSSR count). The molecule has 0 aromatic heterocycles. The second kappa shape index (κ2) is 5.70. The normalized spacial score (nSPS) is 12.5. The third-order valence-electron chi connectivity index (χ3n) is 2.24. The van der Waals surface area contributed by atoms with Gasteiger partial charge in [0, 0.05) is 13.7 Å². The van der Waals surface area contributed by atoms with Crippen LogP contribution >= 0.6 is 0 Å². The molecule has 0 heterocycles. The lowest BCUT2D eigenvalue weighted by Crippen LogP contribution is -2.13. The Bertz CT molecular complexity index is 315. The van der Waals surface area contributed by atoms with Gasteiger partial charge < -0.3 is 20.3 Å². The molecule has 1 aromatic carbocycles. The summed E-state index contributed by atoms with van der Waals surface area (Å²) in [5.74, 6) is 0.706. The average Bonchev–Trinajstić information content (AvgIpc) is 2.29. The van der Waals surface area contributed by atoms with Gasteiger partial charge in [0.15, 0.2) is 0 Å². The summed E-state index contributed by atoms with van der Waals surface area (Å²) in [6, 6.07) is 5.49. The van der Waals surface area contributed by atoms with E-state index in [1.54, 1.807) is 20.3 Å². The molecule has 1 atom stereocenters. The third-order valence-corrected chi connectivity index (χ3v) is 2.24. The van der Waals surface area contributed by atoms with Crippen LogP contribution in [-0.4, -0.2) is 25.9 Å². The minimum atomic E-state index is -0.676. The van der Waals surface area contributed by atoms with Gasteiger partial charge in [0.05, 0.1) is 19.8 Å². The van der Waals surface area contributed by atoms with E-state index in [0.29, 0.717) is 12.4 Å². The topological polar surface area (TPSA) is 64.7 Å². The Morgan fingerprint density at radius 3 is 2.67 bits per heavy atom. The van der Waals surface area contributed by atoms with Crippen LogP contribution < -0.4 is 10.5 Å². The molecule has 4 nitrogen and oxygen atoms in total. The number of rotatable bonds is 5. The molecule has 0 saturated carbocycles. The highest BCUT2D eigenvalue weighted by molar-refractivity contribution is 5.37. The molecule has 1 unspecified atom stereocenters. The summed E-state index contributed by atoms with van der Waals surface area (Å²) in [5, 5.41) is 9.72. The fourth-order valence-corrected chi connectivity index (χ4v) is 1.42. The molecule has 3 N–H and O–H groups in total. The van der Waals surface area contributed by atoms with Crippen molar-refractivity contribution in [1.29, 1.82) is 0 Å². The van der Waals surface area contributed by atoms with Crippen LogP contribution in [0.2, 0.25) is 0 Å². The summed E-state index contributed by atoms with van der Waals surface area (Å²) in [4.78, 5) is 0. The van der Waals surface area contributed by atoms with E-state index in [1.165, 1.54) is 0 Å². The first-order valence-corrected chi connectivity index (χ1v) is 4.76. The van der Waals surface area contributed by atoms with Crippen LogP contribution in [0.4, 0.5) is 0 Å². The minimum absolute atomic E-state index is 0.184. The summed E-state index contributed by atoms with van der Waals surface area (Å²) < 4.78 is 10.1. The molecular formula is C11H17NO3. The van der Waals surface area contributed by atoms with Crippen LogP contribution in [-0.2, 0) is 11.3 Å². The molecule has 0 radical (unpaired) electrons. The van der Waals surface area contributed by atoms with E-state index >= 15 is 0 Å². The molecule has 1 aromatic rings. The van der Waals surface area contributed by atoms with Crippen LogP contribution in [0.3, 0.4) is 0 Å².